The van der Waals surface area contributed by atoms with Crippen LogP contribution in [0.5, 0.6) is 0 Å². The van der Waals surface area contributed by atoms with Crippen molar-refractivity contribution in [1.29, 1.82) is 0 Å². The van der Waals surface area contributed by atoms with Crippen LogP contribution in [-0.4, -0.2) is 44.3 Å². The van der Waals surface area contributed by atoms with Gasteiger partial charge >= 0.3 is 0 Å². The van der Waals surface area contributed by atoms with E-state index in [1.807, 2.05) is 64.1 Å². The van der Waals surface area contributed by atoms with E-state index in [4.69, 9.17) is 0 Å². The Bertz CT molecular complexity index is 1350. The molecule has 0 unspecified atom stereocenters. The maximum atomic E-state index is 13.9. The Morgan fingerprint density at radius 2 is 1.47 bits per heavy atom. The van der Waals surface area contributed by atoms with Gasteiger partial charge in [0.1, 0.15) is 12.6 Å². The smallest absolute Gasteiger partial charge is 0.264 e. The van der Waals surface area contributed by atoms with E-state index >= 15 is 0 Å². The van der Waals surface area contributed by atoms with Gasteiger partial charge in [-0.25, -0.2) is 8.42 Å². The molecular weight excluding hydrogens is 498 g/mol. The van der Waals surface area contributed by atoms with Gasteiger partial charge in [0.25, 0.3) is 10.0 Å². The Balaban J connectivity index is 2.01. The Hall–Kier alpha value is -3.65. The summed E-state index contributed by atoms with van der Waals surface area (Å²) in [6.07, 6.45) is 0.764. The first-order valence-corrected chi connectivity index (χ1v) is 14.3. The minimum Gasteiger partial charge on any atom is -0.354 e. The molecule has 0 bridgehead atoms. The second kappa shape index (κ2) is 12.7. The average Bonchev–Trinajstić information content (AvgIpc) is 2.89. The van der Waals surface area contributed by atoms with Gasteiger partial charge in [0.2, 0.25) is 11.8 Å². The predicted molar refractivity (Wildman–Crippen MR) is 151 cm³/mol. The molecule has 3 rings (SSSR count). The quantitative estimate of drug-likeness (QED) is 0.384. The van der Waals surface area contributed by atoms with Gasteiger partial charge in [0.05, 0.1) is 10.6 Å². The molecule has 1 atom stereocenters. The first kappa shape index (κ1) is 28.9. The van der Waals surface area contributed by atoms with Gasteiger partial charge in [-0.1, -0.05) is 72.1 Å². The summed E-state index contributed by atoms with van der Waals surface area (Å²) in [6.45, 7) is 9.59. The van der Waals surface area contributed by atoms with Gasteiger partial charge in [0, 0.05) is 13.1 Å². The number of hydrogen-bond donors (Lipinski definition) is 1. The number of sulfonamides is 1. The van der Waals surface area contributed by atoms with Crippen LogP contribution in [0.1, 0.15) is 42.5 Å². The van der Waals surface area contributed by atoms with Crippen molar-refractivity contribution in [2.45, 2.75) is 58.5 Å². The zero-order valence-electron chi connectivity index (χ0n) is 22.8. The molecule has 202 valence electrons. The van der Waals surface area contributed by atoms with Crippen molar-refractivity contribution in [2.75, 3.05) is 17.4 Å². The molecule has 0 radical (unpaired) electrons. The highest BCUT2D eigenvalue weighted by atomic mass is 32.2. The molecule has 0 heterocycles. The van der Waals surface area contributed by atoms with E-state index < -0.39 is 28.5 Å². The number of anilines is 1. The first-order valence-electron chi connectivity index (χ1n) is 12.8. The zero-order valence-corrected chi connectivity index (χ0v) is 23.6. The minimum atomic E-state index is -4.07. The van der Waals surface area contributed by atoms with Gasteiger partial charge in [0.15, 0.2) is 0 Å². The zero-order chi connectivity index (χ0) is 27.9. The summed E-state index contributed by atoms with van der Waals surface area (Å²) < 4.78 is 28.7. The number of hydrogen-bond acceptors (Lipinski definition) is 4. The van der Waals surface area contributed by atoms with Crippen LogP contribution < -0.4 is 9.62 Å². The van der Waals surface area contributed by atoms with E-state index in [1.54, 1.807) is 43.3 Å². The van der Waals surface area contributed by atoms with Crippen molar-refractivity contribution in [2.24, 2.45) is 0 Å². The third kappa shape index (κ3) is 7.22. The summed E-state index contributed by atoms with van der Waals surface area (Å²) >= 11 is 0. The second-order valence-electron chi connectivity index (χ2n) is 9.64. The molecule has 3 aromatic rings. The summed E-state index contributed by atoms with van der Waals surface area (Å²) in [7, 11) is -4.07. The van der Waals surface area contributed by atoms with Gasteiger partial charge < -0.3 is 10.2 Å². The Kier molecular flexibility index (Phi) is 9.69. The topological polar surface area (TPSA) is 86.8 Å². The lowest BCUT2D eigenvalue weighted by Crippen LogP contribution is -2.51. The maximum absolute atomic E-state index is 13.9. The van der Waals surface area contributed by atoms with Crippen molar-refractivity contribution >= 4 is 27.5 Å². The molecule has 3 aromatic carbocycles. The maximum Gasteiger partial charge on any atom is 0.264 e. The van der Waals surface area contributed by atoms with Crippen molar-refractivity contribution in [3.05, 3.63) is 95.1 Å². The van der Waals surface area contributed by atoms with Crippen LogP contribution in [0.2, 0.25) is 0 Å². The Labute approximate surface area is 226 Å². The lowest BCUT2D eigenvalue weighted by molar-refractivity contribution is -0.139. The first-order chi connectivity index (χ1) is 18.0. The van der Waals surface area contributed by atoms with Crippen molar-refractivity contribution in [3.63, 3.8) is 0 Å². The SMILES string of the molecule is CCCNC(=O)[C@@H](C)N(Cc1cccc(C)c1)C(=O)CN(c1ccc(C)cc1)S(=O)(=O)c1ccc(C)cc1. The molecule has 8 heteroatoms. The highest BCUT2D eigenvalue weighted by Gasteiger charge is 2.32. The minimum absolute atomic E-state index is 0.0930. The summed E-state index contributed by atoms with van der Waals surface area (Å²) in [6, 6.07) is 20.5. The fourth-order valence-electron chi connectivity index (χ4n) is 4.06. The molecular formula is C30H37N3O4S. The molecule has 0 aromatic heterocycles. The van der Waals surface area contributed by atoms with Crippen molar-refractivity contribution < 1.29 is 18.0 Å². The van der Waals surface area contributed by atoms with Crippen LogP contribution >= 0.6 is 0 Å². The molecule has 0 aliphatic carbocycles. The molecule has 38 heavy (non-hydrogen) atoms. The summed E-state index contributed by atoms with van der Waals surface area (Å²) in [4.78, 5) is 28.3. The third-order valence-corrected chi connectivity index (χ3v) is 8.15. The predicted octanol–water partition coefficient (Wildman–Crippen LogP) is 4.75. The van der Waals surface area contributed by atoms with E-state index in [-0.39, 0.29) is 17.3 Å². The summed E-state index contributed by atoms with van der Waals surface area (Å²) in [5.74, 6) is -0.752. The van der Waals surface area contributed by atoms with Crippen LogP contribution in [0.15, 0.2) is 77.7 Å². The Morgan fingerprint density at radius 1 is 0.868 bits per heavy atom. The van der Waals surface area contributed by atoms with Crippen molar-refractivity contribution in [3.8, 4) is 0 Å². The monoisotopic (exact) mass is 535 g/mol. The lowest BCUT2D eigenvalue weighted by Gasteiger charge is -2.32. The molecule has 7 nitrogen and oxygen atoms in total. The fraction of sp³-hybridized carbons (Fsp3) is 0.333. The highest BCUT2D eigenvalue weighted by Crippen LogP contribution is 2.25. The standard InChI is InChI=1S/C30H37N3O4S/c1-6-18-31-30(35)25(5)32(20-26-9-7-8-24(4)19-26)29(34)21-33(27-14-10-22(2)11-15-27)38(36,37)28-16-12-23(3)13-17-28/h7-17,19,25H,6,18,20-21H2,1-5H3,(H,31,35)/t25-/m1/s1. The molecule has 0 spiro atoms. The van der Waals surface area contributed by atoms with E-state index in [9.17, 15) is 18.0 Å². The van der Waals surface area contributed by atoms with Crippen molar-refractivity contribution in [1.82, 2.24) is 10.2 Å². The molecule has 1 N–H and O–H groups in total. The summed E-state index contributed by atoms with van der Waals surface area (Å²) in [5, 5.41) is 2.85. The second-order valence-corrected chi connectivity index (χ2v) is 11.5. The number of aryl methyl sites for hydroxylation is 3. The highest BCUT2D eigenvalue weighted by molar-refractivity contribution is 7.92. The number of benzene rings is 3. The van der Waals surface area contributed by atoms with Gasteiger partial charge in [-0.3, -0.25) is 13.9 Å². The van der Waals surface area contributed by atoms with Crippen LogP contribution in [-0.2, 0) is 26.2 Å². The number of nitrogens with zero attached hydrogens (tertiary/aromatic N) is 2. The largest absolute Gasteiger partial charge is 0.354 e. The number of amides is 2. The lowest BCUT2D eigenvalue weighted by atomic mass is 10.1. The van der Waals surface area contributed by atoms with Crippen LogP contribution in [0, 0.1) is 20.8 Å². The summed E-state index contributed by atoms with van der Waals surface area (Å²) in [5.41, 5.74) is 4.16. The van der Waals surface area contributed by atoms with Crippen LogP contribution in [0.4, 0.5) is 5.69 Å². The van der Waals surface area contributed by atoms with Gasteiger partial charge in [-0.2, -0.15) is 0 Å². The van der Waals surface area contributed by atoms with E-state index in [0.717, 1.165) is 33.0 Å². The van der Waals surface area contributed by atoms with Gasteiger partial charge in [-0.05, 0) is 63.9 Å². The molecule has 0 aliphatic heterocycles. The average molecular weight is 536 g/mol. The van der Waals surface area contributed by atoms with E-state index in [0.29, 0.717) is 12.2 Å². The number of rotatable bonds is 11. The van der Waals surface area contributed by atoms with Crippen LogP contribution in [0.3, 0.4) is 0 Å². The molecule has 0 saturated heterocycles. The number of carbonyl (C=O) groups excluding carboxylic acids is 2. The van der Waals surface area contributed by atoms with Crippen LogP contribution in [0.25, 0.3) is 0 Å². The molecule has 0 fully saturated rings. The van der Waals surface area contributed by atoms with E-state index in [2.05, 4.69) is 5.32 Å². The Morgan fingerprint density at radius 3 is 2.05 bits per heavy atom. The number of nitrogens with one attached hydrogen (secondary N) is 1. The molecule has 2 amide bonds. The fourth-order valence-corrected chi connectivity index (χ4v) is 5.48. The number of carbonyl (C=O) groups is 2. The third-order valence-electron chi connectivity index (χ3n) is 6.36. The molecule has 0 aliphatic rings. The normalized spacial score (nSPS) is 12.0. The van der Waals surface area contributed by atoms with Gasteiger partial charge in [-0.15, -0.1) is 0 Å². The van der Waals surface area contributed by atoms with E-state index in [1.165, 1.54) is 4.90 Å². The molecule has 0 saturated carbocycles.